The first-order valence-electron chi connectivity index (χ1n) is 9.27. The topological polar surface area (TPSA) is 75.7 Å². The fraction of sp³-hybridized carbons (Fsp3) is 0.632. The number of sulfone groups is 1. The summed E-state index contributed by atoms with van der Waals surface area (Å²) in [5.41, 5.74) is 0. The summed E-state index contributed by atoms with van der Waals surface area (Å²) < 4.78 is 30.3. The van der Waals surface area contributed by atoms with Gasteiger partial charge in [0.25, 0.3) is 0 Å². The van der Waals surface area contributed by atoms with Gasteiger partial charge in [0, 0.05) is 19.0 Å². The number of carbonyl (C=O) groups is 1. The molecule has 2 saturated heterocycles. The summed E-state index contributed by atoms with van der Waals surface area (Å²) in [4.78, 5) is 14.9. The van der Waals surface area contributed by atoms with Gasteiger partial charge in [-0.3, -0.25) is 4.79 Å². The van der Waals surface area contributed by atoms with E-state index in [1.54, 1.807) is 19.1 Å². The zero-order valence-corrected chi connectivity index (χ0v) is 16.3. The van der Waals surface area contributed by atoms with Gasteiger partial charge in [0.2, 0.25) is 5.91 Å². The van der Waals surface area contributed by atoms with E-state index in [4.69, 9.17) is 4.74 Å². The Bertz CT molecular complexity index is 718. The van der Waals surface area contributed by atoms with Crippen LogP contribution in [0.4, 0.5) is 0 Å². The average Bonchev–Trinajstić information content (AvgIpc) is 2.99. The van der Waals surface area contributed by atoms with Gasteiger partial charge in [0.15, 0.2) is 9.84 Å². The van der Waals surface area contributed by atoms with Crippen molar-refractivity contribution in [2.75, 3.05) is 39.0 Å². The molecule has 0 aliphatic carbocycles. The number of hydrogen-bond acceptors (Lipinski definition) is 5. The summed E-state index contributed by atoms with van der Waals surface area (Å²) in [7, 11) is -1.97. The van der Waals surface area contributed by atoms with Crippen molar-refractivity contribution >= 4 is 15.7 Å². The number of benzene rings is 1. The Morgan fingerprint density at radius 3 is 2.31 bits per heavy atom. The average molecular weight is 381 g/mol. The maximum absolute atomic E-state index is 12.8. The van der Waals surface area contributed by atoms with Gasteiger partial charge in [-0.25, -0.2) is 8.42 Å². The van der Waals surface area contributed by atoms with Gasteiger partial charge >= 0.3 is 0 Å². The molecule has 0 bridgehead atoms. The van der Waals surface area contributed by atoms with E-state index in [2.05, 4.69) is 5.32 Å². The van der Waals surface area contributed by atoms with Crippen molar-refractivity contribution in [2.24, 2.45) is 17.8 Å². The van der Waals surface area contributed by atoms with Gasteiger partial charge in [-0.2, -0.15) is 0 Å². The minimum Gasteiger partial charge on any atom is -0.497 e. The number of nitrogens with zero attached hydrogens (tertiary/aromatic N) is 1. The molecule has 2 heterocycles. The van der Waals surface area contributed by atoms with E-state index < -0.39 is 15.8 Å². The molecule has 1 N–H and O–H groups in total. The van der Waals surface area contributed by atoms with Crippen LogP contribution >= 0.6 is 0 Å². The minimum absolute atomic E-state index is 0.0463. The van der Waals surface area contributed by atoms with Crippen LogP contribution in [0.1, 0.15) is 19.8 Å². The van der Waals surface area contributed by atoms with E-state index in [0.717, 1.165) is 39.0 Å². The monoisotopic (exact) mass is 380 g/mol. The summed E-state index contributed by atoms with van der Waals surface area (Å²) in [6.45, 7) is 5.25. The Hall–Kier alpha value is -1.60. The quantitative estimate of drug-likeness (QED) is 0.839. The molecule has 1 aromatic carbocycles. The SMILES string of the molecule is COc1ccc(S(=O)(=O)CC(C)C(=O)N2CC[C@@H]3CNC[C@@H]3CC2)cc1. The minimum atomic E-state index is -3.51. The van der Waals surface area contributed by atoms with Gasteiger partial charge < -0.3 is 15.0 Å². The highest BCUT2D eigenvalue weighted by Gasteiger charge is 2.33. The number of rotatable bonds is 5. The molecule has 1 unspecified atom stereocenters. The van der Waals surface area contributed by atoms with Crippen LogP contribution in [-0.2, 0) is 14.6 Å². The number of methoxy groups -OCH3 is 1. The highest BCUT2D eigenvalue weighted by molar-refractivity contribution is 7.91. The molecule has 3 atom stereocenters. The van der Waals surface area contributed by atoms with E-state index in [-0.39, 0.29) is 16.6 Å². The van der Waals surface area contributed by atoms with E-state index in [1.165, 1.54) is 19.2 Å². The van der Waals surface area contributed by atoms with Crippen LogP contribution in [0.3, 0.4) is 0 Å². The van der Waals surface area contributed by atoms with Gasteiger partial charge in [-0.1, -0.05) is 6.92 Å². The molecule has 1 aromatic rings. The molecule has 2 aliphatic rings. The molecule has 7 heteroatoms. The third-order valence-corrected chi connectivity index (χ3v) is 7.57. The first-order chi connectivity index (χ1) is 12.4. The van der Waals surface area contributed by atoms with Crippen molar-refractivity contribution in [3.8, 4) is 5.75 Å². The van der Waals surface area contributed by atoms with Gasteiger partial charge in [-0.15, -0.1) is 0 Å². The summed E-state index contributed by atoms with van der Waals surface area (Å²) in [5, 5.41) is 3.42. The predicted molar refractivity (Wildman–Crippen MR) is 99.9 cm³/mol. The fourth-order valence-corrected chi connectivity index (χ4v) is 5.57. The normalized spacial score (nSPS) is 24.6. The molecule has 1 amide bonds. The maximum Gasteiger partial charge on any atom is 0.226 e. The highest BCUT2D eigenvalue weighted by Crippen LogP contribution is 2.28. The Labute approximate surface area is 155 Å². The number of carbonyl (C=O) groups excluding carboxylic acids is 1. The second kappa shape index (κ2) is 7.96. The van der Waals surface area contributed by atoms with Crippen LogP contribution in [0.25, 0.3) is 0 Å². The Morgan fingerprint density at radius 1 is 1.19 bits per heavy atom. The van der Waals surface area contributed by atoms with E-state index in [1.807, 2.05) is 4.90 Å². The first-order valence-corrected chi connectivity index (χ1v) is 10.9. The molecule has 144 valence electrons. The molecule has 2 aliphatic heterocycles. The van der Waals surface area contributed by atoms with E-state index in [9.17, 15) is 13.2 Å². The molecule has 0 aromatic heterocycles. The summed E-state index contributed by atoms with van der Waals surface area (Å²) in [5.74, 6) is 1.14. The molecular formula is C19H28N2O4S. The van der Waals surface area contributed by atoms with Crippen LogP contribution in [0.2, 0.25) is 0 Å². The fourth-order valence-electron chi connectivity index (χ4n) is 4.03. The largest absolute Gasteiger partial charge is 0.497 e. The molecule has 0 spiro atoms. The summed E-state index contributed by atoms with van der Waals surface area (Å²) in [6.07, 6.45) is 2.00. The number of fused-ring (bicyclic) bond motifs is 1. The second-order valence-corrected chi connectivity index (χ2v) is 9.47. The lowest BCUT2D eigenvalue weighted by atomic mass is 9.92. The molecular weight excluding hydrogens is 352 g/mol. The van der Waals surface area contributed by atoms with Gasteiger partial charge in [0.05, 0.1) is 17.8 Å². The Balaban J connectivity index is 1.62. The van der Waals surface area contributed by atoms with Crippen LogP contribution in [0.5, 0.6) is 5.75 Å². The molecule has 26 heavy (non-hydrogen) atoms. The van der Waals surface area contributed by atoms with Gasteiger partial charge in [0.1, 0.15) is 5.75 Å². The Morgan fingerprint density at radius 2 is 1.77 bits per heavy atom. The number of hydrogen-bond donors (Lipinski definition) is 1. The zero-order valence-electron chi connectivity index (χ0n) is 15.5. The standard InChI is InChI=1S/C19H28N2O4S/c1-14(13-26(23,24)18-5-3-17(25-2)4-6-18)19(22)21-9-7-15-11-20-12-16(15)8-10-21/h3-6,14-16,20H,7-13H2,1-2H3/t14?,15-,16+. The van der Waals surface area contributed by atoms with E-state index in [0.29, 0.717) is 17.6 Å². The third-order valence-electron chi connectivity index (χ3n) is 5.64. The van der Waals surface area contributed by atoms with Crippen molar-refractivity contribution in [3.63, 3.8) is 0 Å². The molecule has 3 rings (SSSR count). The molecule has 6 nitrogen and oxygen atoms in total. The lowest BCUT2D eigenvalue weighted by molar-refractivity contribution is -0.134. The smallest absolute Gasteiger partial charge is 0.226 e. The predicted octanol–water partition coefficient (Wildman–Crippen LogP) is 1.56. The summed E-state index contributed by atoms with van der Waals surface area (Å²) in [6, 6.07) is 6.32. The third kappa shape index (κ3) is 4.20. The van der Waals surface area contributed by atoms with Crippen molar-refractivity contribution in [1.29, 1.82) is 0 Å². The first kappa shape index (κ1) is 19.2. The number of nitrogens with one attached hydrogen (secondary N) is 1. The lowest BCUT2D eigenvalue weighted by Gasteiger charge is -2.24. The lowest BCUT2D eigenvalue weighted by Crippen LogP contribution is -2.38. The maximum atomic E-state index is 12.8. The van der Waals surface area contributed by atoms with Crippen molar-refractivity contribution < 1.29 is 17.9 Å². The number of likely N-dealkylation sites (tertiary alicyclic amines) is 1. The zero-order chi connectivity index (χ0) is 18.7. The molecule has 0 radical (unpaired) electrons. The number of amides is 1. The Kier molecular flexibility index (Phi) is 5.87. The second-order valence-electron chi connectivity index (χ2n) is 7.44. The van der Waals surface area contributed by atoms with Gasteiger partial charge in [-0.05, 0) is 62.0 Å². The van der Waals surface area contributed by atoms with E-state index >= 15 is 0 Å². The number of ether oxygens (including phenoxy) is 1. The van der Waals surface area contributed by atoms with Crippen LogP contribution in [0.15, 0.2) is 29.2 Å². The molecule has 2 fully saturated rings. The molecule has 0 saturated carbocycles. The van der Waals surface area contributed by atoms with Crippen LogP contribution in [0, 0.1) is 17.8 Å². The van der Waals surface area contributed by atoms with Crippen molar-refractivity contribution in [3.05, 3.63) is 24.3 Å². The van der Waals surface area contributed by atoms with Crippen molar-refractivity contribution in [2.45, 2.75) is 24.7 Å². The highest BCUT2D eigenvalue weighted by atomic mass is 32.2. The summed E-state index contributed by atoms with van der Waals surface area (Å²) >= 11 is 0. The van der Waals surface area contributed by atoms with Crippen LogP contribution < -0.4 is 10.1 Å². The van der Waals surface area contributed by atoms with Crippen LogP contribution in [-0.4, -0.2) is 58.3 Å². The van der Waals surface area contributed by atoms with Crippen molar-refractivity contribution in [1.82, 2.24) is 10.2 Å².